The Hall–Kier alpha value is 0.0800. The van der Waals surface area contributed by atoms with Crippen molar-refractivity contribution in [3.8, 4) is 0 Å². The molecule has 2 nitrogen and oxygen atoms in total. The van der Waals surface area contributed by atoms with Crippen LogP contribution in [0.15, 0.2) is 12.2 Å². The summed E-state index contributed by atoms with van der Waals surface area (Å²) in [5.74, 6) is -0.554. The molecule has 0 aromatic rings. The maximum Gasteiger partial charge on any atom is 0.272 e. The monoisotopic (exact) mass is 227 g/mol. The predicted octanol–water partition coefficient (Wildman–Crippen LogP) is 2.19. The molecule has 68 valence electrons. The second kappa shape index (κ2) is 3.86. The van der Waals surface area contributed by atoms with E-state index in [1.165, 1.54) is 0 Å². The highest BCUT2D eigenvalue weighted by atomic mass is 35.6. The zero-order valence-corrected chi connectivity index (χ0v) is 8.46. The van der Waals surface area contributed by atoms with E-state index < -0.39 is 9.70 Å². The lowest BCUT2D eigenvalue weighted by Crippen LogP contribution is -2.40. The normalized spacial score (nSPS) is 18.2. The molecular weight excluding hydrogens is 220 g/mol. The van der Waals surface area contributed by atoms with Crippen molar-refractivity contribution in [2.45, 2.75) is 22.7 Å². The first-order chi connectivity index (χ1) is 5.50. The Bertz CT molecular complexity index is 201. The van der Waals surface area contributed by atoms with Crippen molar-refractivity contribution in [2.75, 3.05) is 0 Å². The predicted molar refractivity (Wildman–Crippen MR) is 50.6 cm³/mol. The SMILES string of the molecule is O=C(NC1CC=CC1)C(Cl)(Cl)Cl. The van der Waals surface area contributed by atoms with Crippen molar-refractivity contribution in [1.82, 2.24) is 5.32 Å². The summed E-state index contributed by atoms with van der Waals surface area (Å²) in [6, 6.07) is 0.0909. The standard InChI is InChI=1S/C7H8Cl3NO/c8-7(9,10)6(12)11-5-3-1-2-4-5/h1-2,5H,3-4H2,(H,11,12). The van der Waals surface area contributed by atoms with Gasteiger partial charge in [0.1, 0.15) is 0 Å². The molecule has 0 aromatic heterocycles. The van der Waals surface area contributed by atoms with Gasteiger partial charge < -0.3 is 5.32 Å². The number of carbonyl (C=O) groups excluding carboxylic acids is 1. The number of hydrogen-bond acceptors (Lipinski definition) is 1. The largest absolute Gasteiger partial charge is 0.349 e. The molecule has 0 heterocycles. The van der Waals surface area contributed by atoms with Gasteiger partial charge in [-0.2, -0.15) is 0 Å². The molecule has 1 aliphatic carbocycles. The van der Waals surface area contributed by atoms with Crippen molar-refractivity contribution in [2.24, 2.45) is 0 Å². The van der Waals surface area contributed by atoms with E-state index in [4.69, 9.17) is 34.8 Å². The maximum absolute atomic E-state index is 11.1. The Morgan fingerprint density at radius 1 is 1.33 bits per heavy atom. The van der Waals surface area contributed by atoms with Gasteiger partial charge in [-0.15, -0.1) is 0 Å². The summed E-state index contributed by atoms with van der Waals surface area (Å²) >= 11 is 16.1. The van der Waals surface area contributed by atoms with E-state index in [1.54, 1.807) is 0 Å². The Balaban J connectivity index is 2.36. The molecule has 1 N–H and O–H groups in total. The van der Waals surface area contributed by atoms with Crippen molar-refractivity contribution < 1.29 is 4.79 Å². The van der Waals surface area contributed by atoms with E-state index in [-0.39, 0.29) is 6.04 Å². The quantitative estimate of drug-likeness (QED) is 0.541. The highest BCUT2D eigenvalue weighted by Gasteiger charge is 2.32. The van der Waals surface area contributed by atoms with Crippen LogP contribution in [0.25, 0.3) is 0 Å². The van der Waals surface area contributed by atoms with Crippen LogP contribution in [0.4, 0.5) is 0 Å². The molecule has 0 aliphatic heterocycles. The molecule has 12 heavy (non-hydrogen) atoms. The summed E-state index contributed by atoms with van der Waals surface area (Å²) < 4.78 is -1.84. The number of nitrogens with one attached hydrogen (secondary N) is 1. The fourth-order valence-electron chi connectivity index (χ4n) is 1.00. The average molecular weight is 229 g/mol. The number of rotatable bonds is 1. The average Bonchev–Trinajstić information content (AvgIpc) is 2.37. The lowest BCUT2D eigenvalue weighted by Gasteiger charge is -2.15. The lowest BCUT2D eigenvalue weighted by molar-refractivity contribution is -0.120. The molecule has 1 rings (SSSR count). The van der Waals surface area contributed by atoms with Crippen molar-refractivity contribution in [1.29, 1.82) is 0 Å². The molecule has 1 amide bonds. The summed E-state index contributed by atoms with van der Waals surface area (Å²) in [5, 5.41) is 2.62. The third-order valence-electron chi connectivity index (χ3n) is 1.60. The molecule has 0 saturated heterocycles. The zero-order valence-electron chi connectivity index (χ0n) is 6.19. The Morgan fingerprint density at radius 3 is 2.25 bits per heavy atom. The number of amides is 1. The molecule has 0 radical (unpaired) electrons. The van der Waals surface area contributed by atoms with Crippen LogP contribution in [0.2, 0.25) is 0 Å². The smallest absolute Gasteiger partial charge is 0.272 e. The van der Waals surface area contributed by atoms with Gasteiger partial charge in [-0.05, 0) is 12.8 Å². The fourth-order valence-corrected chi connectivity index (χ4v) is 1.17. The molecule has 0 aromatic carbocycles. The van der Waals surface area contributed by atoms with Crippen molar-refractivity contribution in [3.05, 3.63) is 12.2 Å². The second-order valence-corrected chi connectivity index (χ2v) is 4.89. The highest BCUT2D eigenvalue weighted by Crippen LogP contribution is 2.26. The minimum atomic E-state index is -1.84. The molecule has 0 spiro atoms. The first-order valence-electron chi connectivity index (χ1n) is 3.53. The van der Waals surface area contributed by atoms with Gasteiger partial charge in [-0.25, -0.2) is 0 Å². The summed E-state index contributed by atoms with van der Waals surface area (Å²) in [7, 11) is 0. The number of halogens is 3. The van der Waals surface area contributed by atoms with Crippen LogP contribution in [0.3, 0.4) is 0 Å². The Labute approximate surface area is 85.9 Å². The van der Waals surface area contributed by atoms with Gasteiger partial charge in [0.2, 0.25) is 0 Å². The topological polar surface area (TPSA) is 29.1 Å². The minimum Gasteiger partial charge on any atom is -0.349 e. The van der Waals surface area contributed by atoms with Gasteiger partial charge in [0.25, 0.3) is 9.70 Å². The first-order valence-corrected chi connectivity index (χ1v) is 4.66. The zero-order chi connectivity index (χ0) is 9.19. The third kappa shape index (κ3) is 2.85. The van der Waals surface area contributed by atoms with E-state index in [1.807, 2.05) is 12.2 Å². The van der Waals surface area contributed by atoms with Gasteiger partial charge in [0, 0.05) is 6.04 Å². The van der Waals surface area contributed by atoms with Crippen LogP contribution in [0, 0.1) is 0 Å². The van der Waals surface area contributed by atoms with E-state index in [0.717, 1.165) is 12.8 Å². The van der Waals surface area contributed by atoms with Crippen LogP contribution in [-0.2, 0) is 4.79 Å². The van der Waals surface area contributed by atoms with E-state index in [2.05, 4.69) is 5.32 Å². The van der Waals surface area contributed by atoms with Gasteiger partial charge in [0.05, 0.1) is 0 Å². The van der Waals surface area contributed by atoms with Gasteiger partial charge in [-0.3, -0.25) is 4.79 Å². The Morgan fingerprint density at radius 2 is 1.83 bits per heavy atom. The third-order valence-corrected chi connectivity index (χ3v) is 2.12. The minimum absolute atomic E-state index is 0.0909. The van der Waals surface area contributed by atoms with Crippen LogP contribution in [0.1, 0.15) is 12.8 Å². The second-order valence-electron chi connectivity index (χ2n) is 2.61. The number of hydrogen-bond donors (Lipinski definition) is 1. The Kier molecular flexibility index (Phi) is 3.27. The van der Waals surface area contributed by atoms with E-state index in [9.17, 15) is 4.79 Å². The van der Waals surface area contributed by atoms with E-state index in [0.29, 0.717) is 0 Å². The molecule has 0 bridgehead atoms. The molecule has 0 unspecified atom stereocenters. The molecular formula is C7H8Cl3NO. The summed E-state index contributed by atoms with van der Waals surface area (Å²) in [4.78, 5) is 11.1. The first kappa shape index (κ1) is 10.2. The van der Waals surface area contributed by atoms with Gasteiger partial charge in [0.15, 0.2) is 0 Å². The van der Waals surface area contributed by atoms with Crippen LogP contribution in [0.5, 0.6) is 0 Å². The highest BCUT2D eigenvalue weighted by molar-refractivity contribution is 6.76. The molecule has 0 saturated carbocycles. The van der Waals surface area contributed by atoms with Crippen molar-refractivity contribution in [3.63, 3.8) is 0 Å². The molecule has 0 atom stereocenters. The molecule has 1 aliphatic rings. The summed E-state index contributed by atoms with van der Waals surface area (Å²) in [6.45, 7) is 0. The summed E-state index contributed by atoms with van der Waals surface area (Å²) in [6.07, 6.45) is 5.60. The molecule has 0 fully saturated rings. The van der Waals surface area contributed by atoms with Crippen LogP contribution >= 0.6 is 34.8 Å². The summed E-state index contributed by atoms with van der Waals surface area (Å²) in [5.41, 5.74) is 0. The van der Waals surface area contributed by atoms with Crippen LogP contribution < -0.4 is 5.32 Å². The van der Waals surface area contributed by atoms with Crippen LogP contribution in [-0.4, -0.2) is 15.7 Å². The van der Waals surface area contributed by atoms with Gasteiger partial charge >= 0.3 is 0 Å². The van der Waals surface area contributed by atoms with E-state index >= 15 is 0 Å². The molecule has 5 heteroatoms. The number of alkyl halides is 3. The maximum atomic E-state index is 11.1. The number of carbonyl (C=O) groups is 1. The van der Waals surface area contributed by atoms with Crippen molar-refractivity contribution >= 4 is 40.7 Å². The fraction of sp³-hybridized carbons (Fsp3) is 0.571. The lowest BCUT2D eigenvalue weighted by atomic mass is 10.2. The van der Waals surface area contributed by atoms with Gasteiger partial charge in [-0.1, -0.05) is 47.0 Å².